The highest BCUT2D eigenvalue weighted by atomic mass is 32.1. The molecule has 1 aliphatic heterocycles. The smallest absolute Gasteiger partial charge is 0.248 e. The number of fused-ring (bicyclic) bond motifs is 1. The monoisotopic (exact) mass is 263 g/mol. The molecule has 2 aromatic rings. The van der Waals surface area contributed by atoms with E-state index in [9.17, 15) is 0 Å². The summed E-state index contributed by atoms with van der Waals surface area (Å²) in [6.45, 7) is 7.23. The number of nitrogens with one attached hydrogen (secondary N) is 1. The molecule has 0 aliphatic carbocycles. The number of aromatic nitrogens is 2. The molecule has 0 aromatic carbocycles. The zero-order valence-corrected chi connectivity index (χ0v) is 11.7. The van der Waals surface area contributed by atoms with Gasteiger partial charge in [-0.05, 0) is 23.4 Å². The SMILES string of the molecule is CC(C)(C)c1noc(C2NCCc3sccc32)n1. The molecule has 1 atom stereocenters. The molecule has 0 fully saturated rings. The van der Waals surface area contributed by atoms with Gasteiger partial charge in [0.15, 0.2) is 5.82 Å². The molecule has 4 nitrogen and oxygen atoms in total. The van der Waals surface area contributed by atoms with E-state index in [-0.39, 0.29) is 11.5 Å². The maximum absolute atomic E-state index is 5.44. The van der Waals surface area contributed by atoms with Gasteiger partial charge in [0, 0.05) is 16.8 Å². The van der Waals surface area contributed by atoms with Crippen molar-refractivity contribution < 1.29 is 4.52 Å². The van der Waals surface area contributed by atoms with Crippen LogP contribution in [0.4, 0.5) is 0 Å². The number of thiophene rings is 1. The van der Waals surface area contributed by atoms with Gasteiger partial charge in [-0.3, -0.25) is 0 Å². The third-order valence-corrected chi connectivity index (χ3v) is 4.15. The Morgan fingerprint density at radius 3 is 3.00 bits per heavy atom. The van der Waals surface area contributed by atoms with Crippen LogP contribution in [-0.2, 0) is 11.8 Å². The van der Waals surface area contributed by atoms with Gasteiger partial charge in [0.05, 0.1) is 0 Å². The minimum absolute atomic E-state index is 0.0589. The Morgan fingerprint density at radius 1 is 1.44 bits per heavy atom. The third kappa shape index (κ3) is 1.97. The number of hydrogen-bond donors (Lipinski definition) is 1. The minimum atomic E-state index is -0.0755. The lowest BCUT2D eigenvalue weighted by molar-refractivity contribution is 0.335. The zero-order valence-electron chi connectivity index (χ0n) is 10.9. The first-order valence-electron chi connectivity index (χ1n) is 6.19. The van der Waals surface area contributed by atoms with E-state index in [4.69, 9.17) is 4.52 Å². The zero-order chi connectivity index (χ0) is 12.8. The van der Waals surface area contributed by atoms with Crippen LogP contribution in [0.25, 0.3) is 0 Å². The Labute approximate surface area is 110 Å². The lowest BCUT2D eigenvalue weighted by Gasteiger charge is -2.20. The van der Waals surface area contributed by atoms with Crippen LogP contribution < -0.4 is 5.32 Å². The van der Waals surface area contributed by atoms with Crippen LogP contribution in [0.15, 0.2) is 16.0 Å². The molecular weight excluding hydrogens is 246 g/mol. The van der Waals surface area contributed by atoms with Crippen molar-refractivity contribution >= 4 is 11.3 Å². The van der Waals surface area contributed by atoms with E-state index in [0.717, 1.165) is 18.8 Å². The first kappa shape index (κ1) is 11.9. The summed E-state index contributed by atoms with van der Waals surface area (Å²) >= 11 is 1.81. The lowest BCUT2D eigenvalue weighted by Crippen LogP contribution is -2.29. The predicted octanol–water partition coefficient (Wildman–Crippen LogP) is 2.66. The summed E-state index contributed by atoms with van der Waals surface area (Å²) < 4.78 is 5.44. The fourth-order valence-electron chi connectivity index (χ4n) is 2.13. The van der Waals surface area contributed by atoms with Crippen molar-refractivity contribution in [2.75, 3.05) is 6.54 Å². The second kappa shape index (κ2) is 4.17. The van der Waals surface area contributed by atoms with Crippen molar-refractivity contribution in [2.45, 2.75) is 38.6 Å². The summed E-state index contributed by atoms with van der Waals surface area (Å²) in [5, 5.41) is 9.68. The van der Waals surface area contributed by atoms with E-state index in [1.165, 1.54) is 10.4 Å². The molecule has 3 heterocycles. The van der Waals surface area contributed by atoms with E-state index in [2.05, 4.69) is 47.7 Å². The third-order valence-electron chi connectivity index (χ3n) is 3.15. The number of hydrogen-bond acceptors (Lipinski definition) is 5. The summed E-state index contributed by atoms with van der Waals surface area (Å²) in [5.41, 5.74) is 1.21. The van der Waals surface area contributed by atoms with Crippen LogP contribution in [-0.4, -0.2) is 16.7 Å². The fraction of sp³-hybridized carbons (Fsp3) is 0.538. The summed E-state index contributed by atoms with van der Waals surface area (Å²) in [5.74, 6) is 1.45. The van der Waals surface area contributed by atoms with Gasteiger partial charge in [0.2, 0.25) is 5.89 Å². The first-order chi connectivity index (χ1) is 8.55. The molecule has 3 rings (SSSR count). The molecule has 2 aromatic heterocycles. The highest BCUT2D eigenvalue weighted by Crippen LogP contribution is 2.32. The van der Waals surface area contributed by atoms with Gasteiger partial charge in [-0.15, -0.1) is 11.3 Å². The van der Waals surface area contributed by atoms with E-state index in [1.54, 1.807) is 11.3 Å². The molecule has 0 radical (unpaired) electrons. The summed E-state index contributed by atoms with van der Waals surface area (Å²) in [6, 6.07) is 2.21. The van der Waals surface area contributed by atoms with Crippen LogP contribution in [0.2, 0.25) is 0 Å². The van der Waals surface area contributed by atoms with E-state index >= 15 is 0 Å². The van der Waals surface area contributed by atoms with Crippen LogP contribution in [0.1, 0.15) is 49.0 Å². The molecule has 18 heavy (non-hydrogen) atoms. The van der Waals surface area contributed by atoms with Crippen LogP contribution in [0, 0.1) is 0 Å². The number of nitrogens with zero attached hydrogens (tertiary/aromatic N) is 2. The fourth-order valence-corrected chi connectivity index (χ4v) is 3.05. The number of rotatable bonds is 1. The topological polar surface area (TPSA) is 51.0 Å². The molecule has 1 N–H and O–H groups in total. The molecular formula is C13H17N3OS. The summed E-state index contributed by atoms with van der Waals surface area (Å²) in [4.78, 5) is 5.97. The molecule has 1 aliphatic rings. The van der Waals surface area contributed by atoms with E-state index in [1.807, 2.05) is 0 Å². The highest BCUT2D eigenvalue weighted by Gasteiger charge is 2.29. The first-order valence-corrected chi connectivity index (χ1v) is 7.07. The molecule has 1 unspecified atom stereocenters. The van der Waals surface area contributed by atoms with Crippen molar-refractivity contribution in [2.24, 2.45) is 0 Å². The standard InChI is InChI=1S/C13H17N3OS/c1-13(2,3)12-15-11(17-16-12)10-8-5-7-18-9(8)4-6-14-10/h5,7,10,14H,4,6H2,1-3H3. The minimum Gasteiger partial charge on any atom is -0.337 e. The molecule has 0 saturated heterocycles. The van der Waals surface area contributed by atoms with E-state index in [0.29, 0.717) is 5.89 Å². The molecule has 0 spiro atoms. The Kier molecular flexibility index (Phi) is 2.75. The molecule has 0 saturated carbocycles. The summed E-state index contributed by atoms with van der Waals surface area (Å²) in [6.07, 6.45) is 1.09. The quantitative estimate of drug-likeness (QED) is 0.859. The molecule has 0 bridgehead atoms. The Bertz CT molecular complexity index is 553. The maximum Gasteiger partial charge on any atom is 0.248 e. The van der Waals surface area contributed by atoms with E-state index < -0.39 is 0 Å². The maximum atomic E-state index is 5.44. The highest BCUT2D eigenvalue weighted by molar-refractivity contribution is 7.10. The van der Waals surface area contributed by atoms with Crippen LogP contribution in [0.3, 0.4) is 0 Å². The van der Waals surface area contributed by atoms with Gasteiger partial charge in [-0.25, -0.2) is 0 Å². The summed E-state index contributed by atoms with van der Waals surface area (Å²) in [7, 11) is 0. The van der Waals surface area contributed by atoms with Gasteiger partial charge >= 0.3 is 0 Å². The van der Waals surface area contributed by atoms with Crippen molar-refractivity contribution in [1.29, 1.82) is 0 Å². The van der Waals surface area contributed by atoms with Crippen LogP contribution >= 0.6 is 11.3 Å². The van der Waals surface area contributed by atoms with Gasteiger partial charge in [-0.1, -0.05) is 25.9 Å². The van der Waals surface area contributed by atoms with Crippen molar-refractivity contribution in [3.05, 3.63) is 33.6 Å². The Hall–Kier alpha value is -1.20. The molecule has 5 heteroatoms. The predicted molar refractivity (Wildman–Crippen MR) is 70.9 cm³/mol. The Balaban J connectivity index is 1.96. The second-order valence-corrected chi connectivity index (χ2v) is 6.64. The van der Waals surface area contributed by atoms with Gasteiger partial charge in [-0.2, -0.15) is 4.98 Å². The normalized spacial score (nSPS) is 19.8. The van der Waals surface area contributed by atoms with Gasteiger partial charge in [0.25, 0.3) is 0 Å². The lowest BCUT2D eigenvalue weighted by atomic mass is 9.96. The largest absolute Gasteiger partial charge is 0.337 e. The van der Waals surface area contributed by atoms with Gasteiger partial charge < -0.3 is 9.84 Å². The average Bonchev–Trinajstić information content (AvgIpc) is 2.96. The van der Waals surface area contributed by atoms with Crippen molar-refractivity contribution in [1.82, 2.24) is 15.5 Å². The Morgan fingerprint density at radius 2 is 2.28 bits per heavy atom. The average molecular weight is 263 g/mol. The van der Waals surface area contributed by atoms with Crippen molar-refractivity contribution in [3.63, 3.8) is 0 Å². The second-order valence-electron chi connectivity index (χ2n) is 5.64. The van der Waals surface area contributed by atoms with Gasteiger partial charge in [0.1, 0.15) is 6.04 Å². The molecule has 96 valence electrons. The molecule has 0 amide bonds. The van der Waals surface area contributed by atoms with Crippen LogP contribution in [0.5, 0.6) is 0 Å². The van der Waals surface area contributed by atoms with Crippen molar-refractivity contribution in [3.8, 4) is 0 Å².